The standard InChI is InChI=1S/C20H24F3N3O/c1-12-10-26(25-13(12)2)11-14-3-5-15(6-4-14)17-8-7-16(20(21,22)23)9-18(17)19(24)27/h7-10,14-15H,3-6,11H2,1-2H3,(H2,24,27). The second-order valence-electron chi connectivity index (χ2n) is 7.50. The van der Waals surface area contributed by atoms with Crippen molar-refractivity contribution in [1.82, 2.24) is 9.78 Å². The summed E-state index contributed by atoms with van der Waals surface area (Å²) in [6, 6.07) is 3.36. The molecule has 0 spiro atoms. The summed E-state index contributed by atoms with van der Waals surface area (Å²) in [7, 11) is 0. The molecule has 7 heteroatoms. The highest BCUT2D eigenvalue weighted by Crippen LogP contribution is 2.39. The molecule has 1 aliphatic carbocycles. The van der Waals surface area contributed by atoms with Crippen LogP contribution in [0.5, 0.6) is 0 Å². The number of primary amides is 1. The maximum atomic E-state index is 12.9. The number of nitrogens with zero attached hydrogens (tertiary/aromatic N) is 2. The number of hydrogen-bond donors (Lipinski definition) is 1. The van der Waals surface area contributed by atoms with Crippen molar-refractivity contribution >= 4 is 5.91 Å². The number of aromatic nitrogens is 2. The zero-order valence-electron chi connectivity index (χ0n) is 15.5. The van der Waals surface area contributed by atoms with E-state index in [1.807, 2.05) is 24.7 Å². The van der Waals surface area contributed by atoms with Crippen molar-refractivity contribution < 1.29 is 18.0 Å². The highest BCUT2D eigenvalue weighted by Gasteiger charge is 2.33. The van der Waals surface area contributed by atoms with E-state index in [2.05, 4.69) is 5.10 Å². The summed E-state index contributed by atoms with van der Waals surface area (Å²) in [4.78, 5) is 11.7. The third kappa shape index (κ3) is 4.34. The van der Waals surface area contributed by atoms with Crippen LogP contribution >= 0.6 is 0 Å². The van der Waals surface area contributed by atoms with Gasteiger partial charge in [-0.2, -0.15) is 18.3 Å². The molecule has 0 bridgehead atoms. The highest BCUT2D eigenvalue weighted by atomic mass is 19.4. The van der Waals surface area contributed by atoms with Crippen LogP contribution in [0.25, 0.3) is 0 Å². The molecule has 0 aliphatic heterocycles. The summed E-state index contributed by atoms with van der Waals surface area (Å²) >= 11 is 0. The van der Waals surface area contributed by atoms with E-state index >= 15 is 0 Å². The number of benzene rings is 1. The summed E-state index contributed by atoms with van der Waals surface area (Å²) in [5.41, 5.74) is 7.35. The smallest absolute Gasteiger partial charge is 0.366 e. The Morgan fingerprint density at radius 1 is 1.22 bits per heavy atom. The Morgan fingerprint density at radius 3 is 2.41 bits per heavy atom. The first-order valence-corrected chi connectivity index (χ1v) is 9.16. The minimum Gasteiger partial charge on any atom is -0.366 e. The minimum absolute atomic E-state index is 0.00778. The van der Waals surface area contributed by atoms with Crippen molar-refractivity contribution in [1.29, 1.82) is 0 Å². The predicted octanol–water partition coefficient (Wildman–Crippen LogP) is 4.59. The number of nitrogens with two attached hydrogens (primary N) is 1. The number of hydrogen-bond acceptors (Lipinski definition) is 2. The molecule has 3 rings (SSSR count). The number of rotatable bonds is 4. The van der Waals surface area contributed by atoms with Crippen LogP contribution in [0.4, 0.5) is 13.2 Å². The van der Waals surface area contributed by atoms with Crippen LogP contribution in [0, 0.1) is 19.8 Å². The molecule has 0 atom stereocenters. The number of carbonyl (C=O) groups is 1. The van der Waals surface area contributed by atoms with Crippen LogP contribution in [-0.4, -0.2) is 15.7 Å². The van der Waals surface area contributed by atoms with Gasteiger partial charge in [0.25, 0.3) is 0 Å². The van der Waals surface area contributed by atoms with Crippen molar-refractivity contribution in [3.63, 3.8) is 0 Å². The van der Waals surface area contributed by atoms with Crippen LogP contribution < -0.4 is 5.73 Å². The summed E-state index contributed by atoms with van der Waals surface area (Å²) in [5.74, 6) is -0.265. The second kappa shape index (κ2) is 7.37. The SMILES string of the molecule is Cc1cn(CC2CCC(c3ccc(C(F)(F)F)cc3C(N)=O)CC2)nc1C. The molecular formula is C20H24F3N3O. The molecule has 1 amide bonds. The van der Waals surface area contributed by atoms with E-state index in [4.69, 9.17) is 5.73 Å². The van der Waals surface area contributed by atoms with E-state index in [1.54, 1.807) is 0 Å². The minimum atomic E-state index is -4.49. The second-order valence-corrected chi connectivity index (χ2v) is 7.50. The lowest BCUT2D eigenvalue weighted by Crippen LogP contribution is -2.22. The number of carbonyl (C=O) groups excluding carboxylic acids is 1. The third-order valence-electron chi connectivity index (χ3n) is 5.57. The highest BCUT2D eigenvalue weighted by molar-refractivity contribution is 5.94. The Balaban J connectivity index is 1.71. The van der Waals surface area contributed by atoms with Crippen molar-refractivity contribution in [3.8, 4) is 0 Å². The lowest BCUT2D eigenvalue weighted by molar-refractivity contribution is -0.137. The van der Waals surface area contributed by atoms with E-state index < -0.39 is 17.6 Å². The summed E-state index contributed by atoms with van der Waals surface area (Å²) in [5, 5.41) is 4.50. The molecule has 0 radical (unpaired) electrons. The Morgan fingerprint density at radius 2 is 1.89 bits per heavy atom. The molecule has 1 saturated carbocycles. The van der Waals surface area contributed by atoms with Crippen LogP contribution in [-0.2, 0) is 12.7 Å². The van der Waals surface area contributed by atoms with Gasteiger partial charge in [0.15, 0.2) is 0 Å². The number of halogens is 3. The van der Waals surface area contributed by atoms with Gasteiger partial charge in [0.1, 0.15) is 0 Å². The van der Waals surface area contributed by atoms with Gasteiger partial charge in [-0.1, -0.05) is 6.07 Å². The molecule has 1 heterocycles. The zero-order valence-corrected chi connectivity index (χ0v) is 15.5. The monoisotopic (exact) mass is 379 g/mol. The van der Waals surface area contributed by atoms with Gasteiger partial charge in [-0.3, -0.25) is 9.48 Å². The summed E-state index contributed by atoms with van der Waals surface area (Å²) in [6.07, 6.45) is 1.11. The number of alkyl halides is 3. The van der Waals surface area contributed by atoms with Crippen LogP contribution in [0.1, 0.15) is 64.3 Å². The number of amides is 1. The molecule has 2 aromatic rings. The maximum Gasteiger partial charge on any atom is 0.416 e. The van der Waals surface area contributed by atoms with Gasteiger partial charge < -0.3 is 5.73 Å². The largest absolute Gasteiger partial charge is 0.416 e. The van der Waals surface area contributed by atoms with Gasteiger partial charge in [0.05, 0.1) is 11.3 Å². The topological polar surface area (TPSA) is 60.9 Å². The first kappa shape index (κ1) is 19.5. The molecule has 1 fully saturated rings. The van der Waals surface area contributed by atoms with Gasteiger partial charge >= 0.3 is 6.18 Å². The quantitative estimate of drug-likeness (QED) is 0.844. The molecule has 2 N–H and O–H groups in total. The van der Waals surface area contributed by atoms with E-state index in [9.17, 15) is 18.0 Å². The Labute approximate surface area is 156 Å². The van der Waals surface area contributed by atoms with E-state index in [0.717, 1.165) is 50.1 Å². The fourth-order valence-electron chi connectivity index (χ4n) is 3.93. The summed E-state index contributed by atoms with van der Waals surface area (Å²) < 4.78 is 40.8. The molecule has 146 valence electrons. The van der Waals surface area contributed by atoms with Crippen molar-refractivity contribution in [2.24, 2.45) is 11.7 Å². The molecule has 0 saturated heterocycles. The molecule has 27 heavy (non-hydrogen) atoms. The third-order valence-corrected chi connectivity index (χ3v) is 5.57. The lowest BCUT2D eigenvalue weighted by Gasteiger charge is -2.30. The van der Waals surface area contributed by atoms with E-state index in [1.165, 1.54) is 11.6 Å². The Bertz CT molecular complexity index is 814. The fourth-order valence-corrected chi connectivity index (χ4v) is 3.93. The van der Waals surface area contributed by atoms with Crippen molar-refractivity contribution in [3.05, 3.63) is 52.3 Å². The zero-order chi connectivity index (χ0) is 19.8. The van der Waals surface area contributed by atoms with Crippen LogP contribution in [0.2, 0.25) is 0 Å². The van der Waals surface area contributed by atoms with Crippen LogP contribution in [0.15, 0.2) is 24.4 Å². The van der Waals surface area contributed by atoms with E-state index in [0.29, 0.717) is 11.5 Å². The Hall–Kier alpha value is -2.31. The average Bonchev–Trinajstić information content (AvgIpc) is 2.91. The normalized spacial score (nSPS) is 20.6. The maximum absolute atomic E-state index is 12.9. The first-order chi connectivity index (χ1) is 12.6. The molecule has 1 aromatic carbocycles. The number of aryl methyl sites for hydroxylation is 2. The van der Waals surface area contributed by atoms with Gasteiger partial charge in [0.2, 0.25) is 5.91 Å². The predicted molar refractivity (Wildman–Crippen MR) is 96.4 cm³/mol. The Kier molecular flexibility index (Phi) is 5.31. The molecular weight excluding hydrogens is 355 g/mol. The van der Waals surface area contributed by atoms with Crippen molar-refractivity contribution in [2.45, 2.75) is 58.2 Å². The van der Waals surface area contributed by atoms with E-state index in [-0.39, 0.29) is 11.5 Å². The fraction of sp³-hybridized carbons (Fsp3) is 0.500. The van der Waals surface area contributed by atoms with Crippen molar-refractivity contribution in [2.75, 3.05) is 0 Å². The summed E-state index contributed by atoms with van der Waals surface area (Å²) in [6.45, 7) is 4.86. The molecule has 4 nitrogen and oxygen atoms in total. The van der Waals surface area contributed by atoms with Gasteiger partial charge in [0, 0.05) is 18.3 Å². The molecule has 1 aliphatic rings. The molecule has 0 unspecified atom stereocenters. The van der Waals surface area contributed by atoms with Crippen LogP contribution in [0.3, 0.4) is 0 Å². The average molecular weight is 379 g/mol. The first-order valence-electron chi connectivity index (χ1n) is 9.16. The lowest BCUT2D eigenvalue weighted by atomic mass is 9.77. The van der Waals surface area contributed by atoms with Gasteiger partial charge in [-0.25, -0.2) is 0 Å². The van der Waals surface area contributed by atoms with Gasteiger partial charge in [-0.05, 0) is 74.6 Å². The molecule has 1 aromatic heterocycles. The van der Waals surface area contributed by atoms with Gasteiger partial charge in [-0.15, -0.1) is 0 Å².